The van der Waals surface area contributed by atoms with Crippen LogP contribution in [0.2, 0.25) is 0 Å². The third-order valence-electron chi connectivity index (χ3n) is 3.53. The number of hydrogen-bond donors (Lipinski definition) is 2. The second-order valence-corrected chi connectivity index (χ2v) is 8.11. The molecule has 5 nitrogen and oxygen atoms in total. The van der Waals surface area contributed by atoms with Crippen molar-refractivity contribution in [1.82, 2.24) is 0 Å². The number of thiophene rings is 1. The van der Waals surface area contributed by atoms with Crippen molar-refractivity contribution in [3.05, 3.63) is 76.2 Å². The number of carbonyl (C=O) groups excluding carboxylic acids is 1. The number of nitrogens with one attached hydrogen (secondary N) is 2. The van der Waals surface area contributed by atoms with Gasteiger partial charge in [0, 0.05) is 11.4 Å². The Kier molecular flexibility index (Phi) is 5.06. The van der Waals surface area contributed by atoms with Crippen molar-refractivity contribution in [2.24, 2.45) is 0 Å². The lowest BCUT2D eigenvalue weighted by Crippen LogP contribution is -2.18. The van der Waals surface area contributed by atoms with Crippen LogP contribution >= 0.6 is 11.3 Å². The van der Waals surface area contributed by atoms with Crippen LogP contribution in [0.1, 0.15) is 15.2 Å². The number of anilines is 2. The van der Waals surface area contributed by atoms with E-state index in [-0.39, 0.29) is 9.77 Å². The molecule has 0 aliphatic carbocycles. The number of sulfonamides is 1. The van der Waals surface area contributed by atoms with Gasteiger partial charge in [0.1, 0.15) is 15.6 Å². The second kappa shape index (κ2) is 7.27. The highest BCUT2D eigenvalue weighted by Crippen LogP contribution is 2.25. The lowest BCUT2D eigenvalue weighted by atomic mass is 10.2. The van der Waals surface area contributed by atoms with Crippen molar-refractivity contribution in [2.75, 3.05) is 10.0 Å². The lowest BCUT2D eigenvalue weighted by Gasteiger charge is -2.09. The minimum absolute atomic E-state index is 0.0499. The number of aryl methyl sites for hydroxylation is 1. The molecule has 0 unspecified atom stereocenters. The van der Waals surface area contributed by atoms with Crippen LogP contribution in [-0.2, 0) is 10.0 Å². The number of halogens is 1. The summed E-state index contributed by atoms with van der Waals surface area (Å²) in [5.74, 6) is -0.999. The van der Waals surface area contributed by atoms with Crippen LogP contribution in [0.25, 0.3) is 0 Å². The van der Waals surface area contributed by atoms with Crippen LogP contribution in [0, 0.1) is 12.7 Å². The van der Waals surface area contributed by atoms with E-state index in [0.717, 1.165) is 16.9 Å². The van der Waals surface area contributed by atoms with Crippen molar-refractivity contribution in [1.29, 1.82) is 0 Å². The number of rotatable bonds is 5. The molecule has 1 heterocycles. The van der Waals surface area contributed by atoms with Crippen molar-refractivity contribution in [3.63, 3.8) is 0 Å². The summed E-state index contributed by atoms with van der Waals surface area (Å²) in [5, 5.41) is 4.10. The predicted molar refractivity (Wildman–Crippen MR) is 101 cm³/mol. The summed E-state index contributed by atoms with van der Waals surface area (Å²) in [6.07, 6.45) is 0. The molecule has 0 atom stereocenters. The molecule has 0 spiro atoms. The fourth-order valence-corrected chi connectivity index (χ4v) is 4.61. The zero-order chi connectivity index (χ0) is 18.7. The first kappa shape index (κ1) is 18.1. The molecular weight excluding hydrogens is 375 g/mol. The molecule has 0 fully saturated rings. The van der Waals surface area contributed by atoms with E-state index in [9.17, 15) is 17.6 Å². The smallest absolute Gasteiger partial charge is 0.267 e. The molecule has 1 aromatic heterocycles. The average molecular weight is 390 g/mol. The van der Waals surface area contributed by atoms with Crippen LogP contribution < -0.4 is 10.0 Å². The van der Waals surface area contributed by atoms with Gasteiger partial charge < -0.3 is 5.32 Å². The third-order valence-corrected chi connectivity index (χ3v) is 6.00. The van der Waals surface area contributed by atoms with E-state index < -0.39 is 21.7 Å². The Morgan fingerprint density at radius 2 is 1.58 bits per heavy atom. The highest BCUT2D eigenvalue weighted by Gasteiger charge is 2.24. The predicted octanol–water partition coefficient (Wildman–Crippen LogP) is 4.25. The largest absolute Gasteiger partial charge is 0.321 e. The molecular formula is C18H15FN2O3S2. The first-order valence-electron chi connectivity index (χ1n) is 7.59. The van der Waals surface area contributed by atoms with Crippen LogP contribution in [0.5, 0.6) is 0 Å². The van der Waals surface area contributed by atoms with Crippen molar-refractivity contribution >= 4 is 38.6 Å². The second-order valence-electron chi connectivity index (χ2n) is 5.55. The maximum Gasteiger partial charge on any atom is 0.267 e. The molecule has 134 valence electrons. The van der Waals surface area contributed by atoms with Gasteiger partial charge in [0.2, 0.25) is 0 Å². The molecule has 0 aliphatic heterocycles. The third kappa shape index (κ3) is 4.09. The van der Waals surface area contributed by atoms with E-state index in [1.165, 1.54) is 35.7 Å². The molecule has 2 aromatic carbocycles. The maximum atomic E-state index is 13.0. The Morgan fingerprint density at radius 1 is 0.962 bits per heavy atom. The molecule has 0 aliphatic rings. The minimum Gasteiger partial charge on any atom is -0.321 e. The summed E-state index contributed by atoms with van der Waals surface area (Å²) < 4.78 is 40.7. The van der Waals surface area contributed by atoms with Crippen LogP contribution in [0.15, 0.2) is 64.9 Å². The Morgan fingerprint density at radius 3 is 2.23 bits per heavy atom. The van der Waals surface area contributed by atoms with Gasteiger partial charge in [-0.2, -0.15) is 0 Å². The summed E-state index contributed by atoms with van der Waals surface area (Å²) in [6, 6.07) is 13.5. The van der Waals surface area contributed by atoms with Crippen LogP contribution in [0.4, 0.5) is 15.8 Å². The zero-order valence-corrected chi connectivity index (χ0v) is 15.3. The summed E-state index contributed by atoms with van der Waals surface area (Å²) in [4.78, 5) is 12.4. The quantitative estimate of drug-likeness (QED) is 0.684. The first-order valence-corrected chi connectivity index (χ1v) is 9.95. The monoisotopic (exact) mass is 390 g/mol. The average Bonchev–Trinajstić information content (AvgIpc) is 3.10. The van der Waals surface area contributed by atoms with Crippen LogP contribution in [0.3, 0.4) is 0 Å². The van der Waals surface area contributed by atoms with Gasteiger partial charge >= 0.3 is 0 Å². The van der Waals surface area contributed by atoms with Gasteiger partial charge in [0.25, 0.3) is 15.9 Å². The fraction of sp³-hybridized carbons (Fsp3) is 0.0556. The molecule has 0 saturated heterocycles. The van der Waals surface area contributed by atoms with E-state index in [1.807, 2.05) is 6.92 Å². The van der Waals surface area contributed by atoms with E-state index in [1.54, 1.807) is 24.3 Å². The minimum atomic E-state index is -3.92. The number of benzene rings is 2. The molecule has 3 rings (SSSR count). The Labute approximate surface area is 154 Å². The van der Waals surface area contributed by atoms with Gasteiger partial charge in [-0.1, -0.05) is 17.7 Å². The lowest BCUT2D eigenvalue weighted by molar-refractivity contribution is 0.102. The molecule has 2 N–H and O–H groups in total. The topological polar surface area (TPSA) is 75.3 Å². The fourth-order valence-electron chi connectivity index (χ4n) is 2.23. The van der Waals surface area contributed by atoms with E-state index >= 15 is 0 Å². The Hall–Kier alpha value is -2.71. The molecule has 3 aromatic rings. The van der Waals surface area contributed by atoms with Gasteiger partial charge in [-0.15, -0.1) is 11.3 Å². The van der Waals surface area contributed by atoms with Crippen molar-refractivity contribution < 1.29 is 17.6 Å². The first-order chi connectivity index (χ1) is 12.3. The van der Waals surface area contributed by atoms with E-state index in [4.69, 9.17) is 0 Å². The summed E-state index contributed by atoms with van der Waals surface area (Å²) in [5.41, 5.74) is 1.79. The highest BCUT2D eigenvalue weighted by molar-refractivity contribution is 7.93. The number of carbonyl (C=O) groups is 1. The summed E-state index contributed by atoms with van der Waals surface area (Å²) >= 11 is 1.01. The normalized spacial score (nSPS) is 11.2. The molecule has 1 amide bonds. The summed E-state index contributed by atoms with van der Waals surface area (Å²) in [7, 11) is -3.92. The standard InChI is InChI=1S/C18H15FN2O3S2/c1-12-2-6-15(7-3-12)21-26(23,24)16-10-11-25-17(16)18(22)20-14-8-4-13(19)5-9-14/h2-11,21H,1H3,(H,20,22). The maximum absolute atomic E-state index is 13.0. The number of amides is 1. The van der Waals surface area contributed by atoms with Gasteiger partial charge in [-0.3, -0.25) is 9.52 Å². The Bertz CT molecular complexity index is 1030. The van der Waals surface area contributed by atoms with Crippen molar-refractivity contribution in [3.8, 4) is 0 Å². The SMILES string of the molecule is Cc1ccc(NS(=O)(=O)c2ccsc2C(=O)Nc2ccc(F)cc2)cc1. The molecule has 0 saturated carbocycles. The van der Waals surface area contributed by atoms with E-state index in [0.29, 0.717) is 11.4 Å². The summed E-state index contributed by atoms with van der Waals surface area (Å²) in [6.45, 7) is 1.90. The van der Waals surface area contributed by atoms with Gasteiger partial charge in [0.15, 0.2) is 0 Å². The van der Waals surface area contributed by atoms with Gasteiger partial charge in [-0.25, -0.2) is 12.8 Å². The zero-order valence-electron chi connectivity index (χ0n) is 13.7. The van der Waals surface area contributed by atoms with Crippen molar-refractivity contribution in [2.45, 2.75) is 11.8 Å². The van der Waals surface area contributed by atoms with Crippen LogP contribution in [-0.4, -0.2) is 14.3 Å². The molecule has 0 radical (unpaired) electrons. The van der Waals surface area contributed by atoms with Gasteiger partial charge in [0.05, 0.1) is 0 Å². The molecule has 0 bridgehead atoms. The Balaban J connectivity index is 1.83. The molecule has 8 heteroatoms. The highest BCUT2D eigenvalue weighted by atomic mass is 32.2. The van der Waals surface area contributed by atoms with Gasteiger partial charge in [-0.05, 0) is 54.8 Å². The molecule has 26 heavy (non-hydrogen) atoms. The number of hydrogen-bond acceptors (Lipinski definition) is 4. The van der Waals surface area contributed by atoms with E-state index in [2.05, 4.69) is 10.0 Å².